The summed E-state index contributed by atoms with van der Waals surface area (Å²) in [7, 11) is 0. The topological polar surface area (TPSA) is 12.0 Å². The lowest BCUT2D eigenvalue weighted by Crippen LogP contribution is -2.28. The van der Waals surface area contributed by atoms with Crippen LogP contribution in [-0.2, 0) is 0 Å². The molecule has 18 heavy (non-hydrogen) atoms. The molecule has 0 amide bonds. The molecule has 0 heterocycles. The summed E-state index contributed by atoms with van der Waals surface area (Å²) in [5.74, 6) is 1.32. The normalized spacial score (nSPS) is 13.3. The lowest BCUT2D eigenvalue weighted by atomic mass is 9.91. The van der Waals surface area contributed by atoms with Gasteiger partial charge in [-0.15, -0.1) is 0 Å². The first kappa shape index (κ1) is 15.5. The van der Waals surface area contributed by atoms with Crippen LogP contribution in [0.3, 0.4) is 0 Å². The predicted octanol–water partition coefficient (Wildman–Crippen LogP) is 4.86. The third-order valence-electron chi connectivity index (χ3n) is 3.19. The summed E-state index contributed by atoms with van der Waals surface area (Å²) < 4.78 is 0. The first-order valence-corrected chi connectivity index (χ1v) is 7.35. The Hall–Kier alpha value is -0.530. The molecule has 0 saturated heterocycles. The third-order valence-corrected chi connectivity index (χ3v) is 3.42. The Morgan fingerprint density at radius 3 is 2.39 bits per heavy atom. The molecule has 0 fully saturated rings. The zero-order chi connectivity index (χ0) is 13.5. The number of benzene rings is 1. The van der Waals surface area contributed by atoms with Gasteiger partial charge in [-0.3, -0.25) is 0 Å². The van der Waals surface area contributed by atoms with Gasteiger partial charge in [0, 0.05) is 17.6 Å². The molecular weight excluding hydrogens is 242 g/mol. The maximum absolute atomic E-state index is 6.09. The zero-order valence-electron chi connectivity index (χ0n) is 12.0. The highest BCUT2D eigenvalue weighted by molar-refractivity contribution is 6.30. The fraction of sp³-hybridized carbons (Fsp3) is 0.625. The lowest BCUT2D eigenvalue weighted by molar-refractivity contribution is 0.459. The van der Waals surface area contributed by atoms with Crippen LogP contribution in [0, 0.1) is 5.92 Å². The van der Waals surface area contributed by atoms with Crippen molar-refractivity contribution in [2.45, 2.75) is 52.5 Å². The molecule has 0 aromatic heterocycles. The highest BCUT2D eigenvalue weighted by Crippen LogP contribution is 2.25. The van der Waals surface area contributed by atoms with Gasteiger partial charge in [0.05, 0.1) is 0 Å². The number of halogens is 1. The van der Waals surface area contributed by atoms with Gasteiger partial charge < -0.3 is 5.32 Å². The number of hydrogen-bond acceptors (Lipinski definition) is 1. The fourth-order valence-electron chi connectivity index (χ4n) is 2.06. The second-order valence-electron chi connectivity index (χ2n) is 5.79. The monoisotopic (exact) mass is 267 g/mol. The summed E-state index contributed by atoms with van der Waals surface area (Å²) in [4.78, 5) is 0. The van der Waals surface area contributed by atoms with Crippen LogP contribution in [0.1, 0.15) is 52.0 Å². The van der Waals surface area contributed by atoms with E-state index in [-0.39, 0.29) is 0 Å². The van der Waals surface area contributed by atoms with Crippen molar-refractivity contribution in [3.63, 3.8) is 0 Å². The first-order chi connectivity index (χ1) is 8.49. The van der Waals surface area contributed by atoms with Gasteiger partial charge in [0.25, 0.3) is 0 Å². The molecule has 0 spiro atoms. The number of rotatable bonds is 7. The molecular formula is C16H26ClN. The first-order valence-electron chi connectivity index (χ1n) is 6.98. The van der Waals surface area contributed by atoms with E-state index in [4.69, 9.17) is 11.6 Å². The van der Waals surface area contributed by atoms with E-state index in [0.29, 0.717) is 12.0 Å². The molecule has 0 radical (unpaired) electrons. The van der Waals surface area contributed by atoms with Crippen molar-refractivity contribution in [1.29, 1.82) is 0 Å². The smallest absolute Gasteiger partial charge is 0.0408 e. The van der Waals surface area contributed by atoms with E-state index >= 15 is 0 Å². The van der Waals surface area contributed by atoms with Gasteiger partial charge in [-0.2, -0.15) is 0 Å². The predicted molar refractivity (Wildman–Crippen MR) is 81.4 cm³/mol. The van der Waals surface area contributed by atoms with Gasteiger partial charge in [0.15, 0.2) is 0 Å². The Morgan fingerprint density at radius 2 is 1.83 bits per heavy atom. The summed E-state index contributed by atoms with van der Waals surface area (Å²) in [6.07, 6.45) is 2.48. The maximum atomic E-state index is 6.09. The summed E-state index contributed by atoms with van der Waals surface area (Å²) in [6, 6.07) is 8.83. The van der Waals surface area contributed by atoms with Crippen LogP contribution in [0.2, 0.25) is 5.02 Å². The molecule has 1 aromatic rings. The summed E-state index contributed by atoms with van der Waals surface area (Å²) in [6.45, 7) is 9.98. The van der Waals surface area contributed by atoms with E-state index in [9.17, 15) is 0 Å². The molecule has 1 unspecified atom stereocenters. The van der Waals surface area contributed by atoms with Crippen LogP contribution in [0.4, 0.5) is 0 Å². The molecule has 1 aromatic carbocycles. The van der Waals surface area contributed by atoms with Gasteiger partial charge in [-0.1, -0.05) is 57.8 Å². The molecule has 1 atom stereocenters. The van der Waals surface area contributed by atoms with Crippen LogP contribution in [0.15, 0.2) is 24.3 Å². The molecule has 0 bridgehead atoms. The molecule has 1 rings (SSSR count). The second kappa shape index (κ2) is 7.81. The molecule has 0 aliphatic rings. The van der Waals surface area contributed by atoms with Gasteiger partial charge in [-0.05, 0) is 36.0 Å². The van der Waals surface area contributed by atoms with Crippen molar-refractivity contribution >= 4 is 11.6 Å². The average molecular weight is 268 g/mol. The summed E-state index contributed by atoms with van der Waals surface area (Å²) >= 11 is 6.09. The largest absolute Gasteiger partial charge is 0.314 e. The lowest BCUT2D eigenvalue weighted by Gasteiger charge is -2.21. The van der Waals surface area contributed by atoms with E-state index in [1.807, 2.05) is 6.07 Å². The van der Waals surface area contributed by atoms with Crippen LogP contribution in [-0.4, -0.2) is 12.6 Å². The van der Waals surface area contributed by atoms with Crippen molar-refractivity contribution in [2.75, 3.05) is 6.54 Å². The van der Waals surface area contributed by atoms with E-state index in [1.54, 1.807) is 0 Å². The number of hydrogen-bond donors (Lipinski definition) is 1. The van der Waals surface area contributed by atoms with Gasteiger partial charge in [-0.25, -0.2) is 0 Å². The number of nitrogens with one attached hydrogen (secondary N) is 1. The average Bonchev–Trinajstić information content (AvgIpc) is 2.28. The van der Waals surface area contributed by atoms with Crippen molar-refractivity contribution in [1.82, 2.24) is 5.32 Å². The van der Waals surface area contributed by atoms with E-state index < -0.39 is 0 Å². The van der Waals surface area contributed by atoms with Gasteiger partial charge in [0.1, 0.15) is 0 Å². The third kappa shape index (κ3) is 5.88. The molecule has 1 nitrogen and oxygen atoms in total. The second-order valence-corrected chi connectivity index (χ2v) is 6.22. The van der Waals surface area contributed by atoms with Crippen LogP contribution < -0.4 is 5.32 Å². The SMILES string of the molecule is CC(C)CCC(CNC(C)C)c1cccc(Cl)c1. The van der Waals surface area contributed by atoms with Crippen LogP contribution >= 0.6 is 11.6 Å². The van der Waals surface area contributed by atoms with Crippen molar-refractivity contribution in [3.05, 3.63) is 34.9 Å². The Kier molecular flexibility index (Phi) is 6.73. The minimum absolute atomic E-state index is 0.533. The maximum Gasteiger partial charge on any atom is 0.0408 e. The van der Waals surface area contributed by atoms with Crippen LogP contribution in [0.25, 0.3) is 0 Å². The molecule has 0 saturated carbocycles. The van der Waals surface area contributed by atoms with Gasteiger partial charge in [0.2, 0.25) is 0 Å². The Balaban J connectivity index is 2.69. The summed E-state index contributed by atoms with van der Waals surface area (Å²) in [5.41, 5.74) is 1.36. The minimum atomic E-state index is 0.533. The van der Waals surface area contributed by atoms with E-state index in [1.165, 1.54) is 18.4 Å². The highest BCUT2D eigenvalue weighted by atomic mass is 35.5. The quantitative estimate of drug-likeness (QED) is 0.744. The molecule has 2 heteroatoms. The molecule has 0 aliphatic heterocycles. The van der Waals surface area contributed by atoms with Crippen molar-refractivity contribution in [3.8, 4) is 0 Å². The Labute approximate surface area is 117 Å². The highest BCUT2D eigenvalue weighted by Gasteiger charge is 2.13. The Bertz CT molecular complexity index is 335. The Morgan fingerprint density at radius 1 is 1.11 bits per heavy atom. The van der Waals surface area contributed by atoms with Gasteiger partial charge >= 0.3 is 0 Å². The zero-order valence-corrected chi connectivity index (χ0v) is 12.8. The van der Waals surface area contributed by atoms with Crippen LogP contribution in [0.5, 0.6) is 0 Å². The molecule has 102 valence electrons. The van der Waals surface area contributed by atoms with Crippen molar-refractivity contribution < 1.29 is 0 Å². The molecule has 0 aliphatic carbocycles. The minimum Gasteiger partial charge on any atom is -0.314 e. The fourth-order valence-corrected chi connectivity index (χ4v) is 2.26. The molecule has 1 N–H and O–H groups in total. The van der Waals surface area contributed by atoms with Crippen molar-refractivity contribution in [2.24, 2.45) is 5.92 Å². The van der Waals surface area contributed by atoms with E-state index in [0.717, 1.165) is 17.5 Å². The summed E-state index contributed by atoms with van der Waals surface area (Å²) in [5, 5.41) is 4.38. The standard InChI is InChI=1S/C16H26ClN/c1-12(2)8-9-15(11-18-13(3)4)14-6-5-7-16(17)10-14/h5-7,10,12-13,15,18H,8-9,11H2,1-4H3. The van der Waals surface area contributed by atoms with E-state index in [2.05, 4.69) is 51.2 Å².